The zero-order chi connectivity index (χ0) is 13.2. The van der Waals surface area contributed by atoms with Crippen LogP contribution in [0.4, 0.5) is 0 Å². The fraction of sp³-hybridized carbons (Fsp3) is 0.462. The molecule has 0 amide bonds. The third-order valence-corrected chi connectivity index (χ3v) is 2.42. The molecular weight excluding hydrogens is 232 g/mol. The van der Waals surface area contributed by atoms with Gasteiger partial charge in [-0.1, -0.05) is 12.1 Å². The van der Waals surface area contributed by atoms with Crippen molar-refractivity contribution in [1.82, 2.24) is 5.32 Å². The topological polar surface area (TPSA) is 85.5 Å². The highest BCUT2D eigenvalue weighted by molar-refractivity contribution is 5.32. The number of nitrogens with zero attached hydrogens (tertiary/aromatic N) is 1. The second-order valence-corrected chi connectivity index (χ2v) is 3.79. The molecule has 1 atom stereocenters. The molecule has 3 N–H and O–H groups in total. The Kier molecular flexibility index (Phi) is 6.99. The molecule has 5 nitrogen and oxygen atoms in total. The van der Waals surface area contributed by atoms with Crippen LogP contribution in [0.1, 0.15) is 17.2 Å². The van der Waals surface area contributed by atoms with Crippen LogP contribution >= 0.6 is 0 Å². The average molecular weight is 250 g/mol. The molecule has 0 aliphatic rings. The molecule has 0 aromatic heterocycles. The summed E-state index contributed by atoms with van der Waals surface area (Å²) in [5, 5.41) is 30.1. The number of benzene rings is 1. The maximum atomic E-state index is 9.86. The van der Waals surface area contributed by atoms with Crippen LogP contribution in [0.5, 0.6) is 0 Å². The second kappa shape index (κ2) is 8.61. The molecule has 1 aromatic rings. The van der Waals surface area contributed by atoms with Crippen LogP contribution in [-0.2, 0) is 4.74 Å². The van der Waals surface area contributed by atoms with Crippen molar-refractivity contribution < 1.29 is 14.9 Å². The van der Waals surface area contributed by atoms with Gasteiger partial charge in [-0.3, -0.25) is 0 Å². The van der Waals surface area contributed by atoms with Gasteiger partial charge in [0.1, 0.15) is 0 Å². The van der Waals surface area contributed by atoms with E-state index in [0.717, 1.165) is 5.56 Å². The molecule has 0 radical (unpaired) electrons. The third-order valence-electron chi connectivity index (χ3n) is 2.42. The molecule has 0 spiro atoms. The Morgan fingerprint density at radius 1 is 1.28 bits per heavy atom. The normalized spacial score (nSPS) is 12.1. The predicted molar refractivity (Wildman–Crippen MR) is 66.9 cm³/mol. The number of aliphatic hydroxyl groups is 2. The van der Waals surface area contributed by atoms with Crippen molar-refractivity contribution in [2.24, 2.45) is 0 Å². The highest BCUT2D eigenvalue weighted by Gasteiger charge is 2.06. The minimum atomic E-state index is -0.601. The number of nitrogens with one attached hydrogen (secondary N) is 1. The Morgan fingerprint density at radius 2 is 2.00 bits per heavy atom. The molecule has 98 valence electrons. The molecule has 0 aliphatic heterocycles. The van der Waals surface area contributed by atoms with Gasteiger partial charge < -0.3 is 20.3 Å². The van der Waals surface area contributed by atoms with Crippen LogP contribution in [0, 0.1) is 11.3 Å². The first-order chi connectivity index (χ1) is 8.77. The molecule has 0 bridgehead atoms. The zero-order valence-corrected chi connectivity index (χ0v) is 10.2. The van der Waals surface area contributed by atoms with E-state index >= 15 is 0 Å². The smallest absolute Gasteiger partial charge is 0.0991 e. The Labute approximate surface area is 107 Å². The molecule has 1 rings (SSSR count). The Hall–Kier alpha value is -1.45. The van der Waals surface area contributed by atoms with Gasteiger partial charge in [0.2, 0.25) is 0 Å². The summed E-state index contributed by atoms with van der Waals surface area (Å²) in [4.78, 5) is 0. The van der Waals surface area contributed by atoms with Crippen LogP contribution in [0.15, 0.2) is 24.3 Å². The number of rotatable bonds is 8. The van der Waals surface area contributed by atoms with Crippen molar-refractivity contribution in [3.63, 3.8) is 0 Å². The quantitative estimate of drug-likeness (QED) is 0.573. The van der Waals surface area contributed by atoms with Crippen molar-refractivity contribution in [2.45, 2.75) is 6.10 Å². The van der Waals surface area contributed by atoms with Crippen LogP contribution < -0.4 is 5.32 Å². The van der Waals surface area contributed by atoms with E-state index in [4.69, 9.17) is 15.1 Å². The molecule has 0 fully saturated rings. The van der Waals surface area contributed by atoms with Crippen LogP contribution in [0.2, 0.25) is 0 Å². The van der Waals surface area contributed by atoms with Gasteiger partial charge in [0, 0.05) is 13.1 Å². The van der Waals surface area contributed by atoms with E-state index < -0.39 is 6.10 Å². The van der Waals surface area contributed by atoms with Crippen molar-refractivity contribution in [1.29, 1.82) is 5.26 Å². The first-order valence-corrected chi connectivity index (χ1v) is 5.85. The monoisotopic (exact) mass is 250 g/mol. The summed E-state index contributed by atoms with van der Waals surface area (Å²) in [5.41, 5.74) is 1.36. The highest BCUT2D eigenvalue weighted by atomic mass is 16.5. The van der Waals surface area contributed by atoms with E-state index in [1.807, 2.05) is 6.07 Å². The fourth-order valence-corrected chi connectivity index (χ4v) is 1.45. The van der Waals surface area contributed by atoms with Gasteiger partial charge in [0.05, 0.1) is 37.6 Å². The van der Waals surface area contributed by atoms with E-state index in [-0.39, 0.29) is 6.61 Å². The van der Waals surface area contributed by atoms with Gasteiger partial charge in [-0.15, -0.1) is 0 Å². The van der Waals surface area contributed by atoms with E-state index in [1.165, 1.54) is 0 Å². The van der Waals surface area contributed by atoms with Gasteiger partial charge in [-0.2, -0.15) is 5.26 Å². The fourth-order valence-electron chi connectivity index (χ4n) is 1.45. The maximum Gasteiger partial charge on any atom is 0.0991 e. The molecule has 18 heavy (non-hydrogen) atoms. The summed E-state index contributed by atoms with van der Waals surface area (Å²) in [6.45, 7) is 1.90. The standard InChI is InChI=1S/C13H18N2O3/c14-9-11-1-3-12(4-2-11)13(17)10-15-5-7-18-8-6-16/h1-4,13,15-17H,5-8,10H2. The minimum Gasteiger partial charge on any atom is -0.394 e. The third kappa shape index (κ3) is 5.25. The average Bonchev–Trinajstić information content (AvgIpc) is 2.42. The SMILES string of the molecule is N#Cc1ccc(C(O)CNCCOCCO)cc1. The highest BCUT2D eigenvalue weighted by Crippen LogP contribution is 2.12. The summed E-state index contributed by atoms with van der Waals surface area (Å²) in [6, 6.07) is 8.88. The Balaban J connectivity index is 2.23. The number of hydrogen-bond donors (Lipinski definition) is 3. The summed E-state index contributed by atoms with van der Waals surface area (Å²) >= 11 is 0. The largest absolute Gasteiger partial charge is 0.394 e. The molecule has 5 heteroatoms. The first kappa shape index (κ1) is 14.6. The lowest BCUT2D eigenvalue weighted by molar-refractivity contribution is 0.0910. The van der Waals surface area contributed by atoms with Crippen molar-refractivity contribution in [2.75, 3.05) is 32.9 Å². The van der Waals surface area contributed by atoms with E-state index in [1.54, 1.807) is 24.3 Å². The van der Waals surface area contributed by atoms with Crippen LogP contribution in [-0.4, -0.2) is 43.1 Å². The van der Waals surface area contributed by atoms with Crippen LogP contribution in [0.3, 0.4) is 0 Å². The minimum absolute atomic E-state index is 0.0217. The zero-order valence-electron chi connectivity index (χ0n) is 10.2. The van der Waals surface area contributed by atoms with E-state index in [2.05, 4.69) is 5.32 Å². The van der Waals surface area contributed by atoms with Gasteiger partial charge in [-0.25, -0.2) is 0 Å². The van der Waals surface area contributed by atoms with Gasteiger partial charge >= 0.3 is 0 Å². The van der Waals surface area contributed by atoms with Gasteiger partial charge in [-0.05, 0) is 17.7 Å². The number of aliphatic hydroxyl groups excluding tert-OH is 2. The van der Waals surface area contributed by atoms with Crippen LogP contribution in [0.25, 0.3) is 0 Å². The molecular formula is C13H18N2O3. The summed E-state index contributed by atoms with van der Waals surface area (Å²) in [7, 11) is 0. The summed E-state index contributed by atoms with van der Waals surface area (Å²) in [6.07, 6.45) is -0.601. The number of ether oxygens (including phenoxy) is 1. The molecule has 1 unspecified atom stereocenters. The number of hydrogen-bond acceptors (Lipinski definition) is 5. The lowest BCUT2D eigenvalue weighted by Crippen LogP contribution is -2.25. The summed E-state index contributed by atoms with van der Waals surface area (Å²) in [5.74, 6) is 0. The van der Waals surface area contributed by atoms with Crippen molar-refractivity contribution in [3.8, 4) is 6.07 Å². The van der Waals surface area contributed by atoms with E-state index in [0.29, 0.717) is 31.9 Å². The Morgan fingerprint density at radius 3 is 2.61 bits per heavy atom. The lowest BCUT2D eigenvalue weighted by atomic mass is 10.1. The number of nitriles is 1. The lowest BCUT2D eigenvalue weighted by Gasteiger charge is -2.12. The van der Waals surface area contributed by atoms with Crippen molar-refractivity contribution in [3.05, 3.63) is 35.4 Å². The second-order valence-electron chi connectivity index (χ2n) is 3.79. The maximum absolute atomic E-state index is 9.86. The van der Waals surface area contributed by atoms with Gasteiger partial charge in [0.15, 0.2) is 0 Å². The van der Waals surface area contributed by atoms with E-state index in [9.17, 15) is 5.11 Å². The summed E-state index contributed by atoms with van der Waals surface area (Å²) < 4.78 is 5.07. The molecule has 0 saturated carbocycles. The predicted octanol–water partition coefficient (Wildman–Crippen LogP) is 0.190. The first-order valence-electron chi connectivity index (χ1n) is 5.85. The Bertz CT molecular complexity index is 373. The molecule has 0 saturated heterocycles. The molecule has 1 aromatic carbocycles. The molecule has 0 aliphatic carbocycles. The van der Waals surface area contributed by atoms with Gasteiger partial charge in [0.25, 0.3) is 0 Å². The molecule has 0 heterocycles. The van der Waals surface area contributed by atoms with Crippen molar-refractivity contribution >= 4 is 0 Å².